The van der Waals surface area contributed by atoms with E-state index in [1.54, 1.807) is 0 Å². The minimum absolute atomic E-state index is 0.0218. The Morgan fingerprint density at radius 2 is 1.77 bits per heavy atom. The number of alkyl halides is 3. The molecule has 6 nitrogen and oxygen atoms in total. The number of hydrogen-bond acceptors (Lipinski definition) is 4. The molecule has 35 heavy (non-hydrogen) atoms. The van der Waals surface area contributed by atoms with Crippen LogP contribution in [0.4, 0.5) is 18.9 Å². The van der Waals surface area contributed by atoms with Crippen molar-refractivity contribution in [2.45, 2.75) is 82.5 Å². The molecule has 0 saturated carbocycles. The van der Waals surface area contributed by atoms with Crippen LogP contribution >= 0.6 is 0 Å². The highest BCUT2D eigenvalue weighted by Crippen LogP contribution is 2.65. The molecule has 1 saturated heterocycles. The van der Waals surface area contributed by atoms with E-state index in [1.807, 2.05) is 6.92 Å². The van der Waals surface area contributed by atoms with Gasteiger partial charge in [-0.15, -0.1) is 0 Å². The molecule has 3 heterocycles. The van der Waals surface area contributed by atoms with Crippen LogP contribution in [0.5, 0.6) is 11.8 Å². The Morgan fingerprint density at radius 1 is 1.14 bits per heavy atom. The normalized spacial score (nSPS) is 24.0. The van der Waals surface area contributed by atoms with E-state index in [0.717, 1.165) is 16.7 Å². The van der Waals surface area contributed by atoms with Crippen LogP contribution in [0.15, 0.2) is 18.2 Å². The lowest BCUT2D eigenvalue weighted by molar-refractivity contribution is -0.136. The highest BCUT2D eigenvalue weighted by molar-refractivity contribution is 6.74. The fourth-order valence-corrected chi connectivity index (χ4v) is 6.07. The fraction of sp³-hybridized carbons (Fsp3) is 0.560. The Morgan fingerprint density at radius 3 is 2.34 bits per heavy atom. The van der Waals surface area contributed by atoms with E-state index >= 15 is 0 Å². The third-order valence-electron chi connectivity index (χ3n) is 7.97. The lowest BCUT2D eigenvalue weighted by atomic mass is 9.78. The van der Waals surface area contributed by atoms with Crippen molar-refractivity contribution in [3.8, 4) is 17.4 Å². The molecule has 2 unspecified atom stereocenters. The first-order valence-corrected chi connectivity index (χ1v) is 14.5. The Hall–Kier alpha value is -2.48. The van der Waals surface area contributed by atoms with Gasteiger partial charge in [0, 0.05) is 13.0 Å². The summed E-state index contributed by atoms with van der Waals surface area (Å²) >= 11 is 0. The van der Waals surface area contributed by atoms with Gasteiger partial charge in [-0.25, -0.2) is 4.85 Å². The highest BCUT2D eigenvalue weighted by atomic mass is 28.4. The van der Waals surface area contributed by atoms with Gasteiger partial charge in [-0.1, -0.05) is 26.8 Å². The van der Waals surface area contributed by atoms with Crippen LogP contribution in [-0.2, 0) is 26.5 Å². The number of aromatic hydroxyl groups is 2. The Kier molecular flexibility index (Phi) is 5.67. The first kappa shape index (κ1) is 25.6. The molecular weight excluding hydrogens is 477 g/mol. The van der Waals surface area contributed by atoms with Crippen molar-refractivity contribution in [3.05, 3.63) is 46.3 Å². The van der Waals surface area contributed by atoms with Crippen molar-refractivity contribution in [1.29, 1.82) is 0 Å². The topological polar surface area (TPSA) is 68.2 Å². The number of benzene rings is 1. The molecule has 1 fully saturated rings. The van der Waals surface area contributed by atoms with Gasteiger partial charge in [-0.2, -0.15) is 13.2 Å². The predicted molar refractivity (Wildman–Crippen MR) is 127 cm³/mol. The van der Waals surface area contributed by atoms with Gasteiger partial charge < -0.3 is 19.4 Å². The number of fused-ring (bicyclic) bond motifs is 5. The van der Waals surface area contributed by atoms with Crippen molar-refractivity contribution in [2.24, 2.45) is 0 Å². The molecule has 2 bridgehead atoms. The molecule has 190 valence electrons. The van der Waals surface area contributed by atoms with E-state index in [0.29, 0.717) is 37.0 Å². The predicted octanol–water partition coefficient (Wildman–Crippen LogP) is 7.10. The summed E-state index contributed by atoms with van der Waals surface area (Å²) < 4.78 is 54.5. The van der Waals surface area contributed by atoms with Crippen LogP contribution in [0.1, 0.15) is 63.6 Å². The van der Waals surface area contributed by atoms with E-state index in [-0.39, 0.29) is 22.5 Å². The molecule has 1 aromatic carbocycles. The quantitative estimate of drug-likeness (QED) is 0.334. The van der Waals surface area contributed by atoms with Crippen molar-refractivity contribution in [2.75, 3.05) is 6.61 Å². The van der Waals surface area contributed by atoms with Crippen molar-refractivity contribution in [1.82, 2.24) is 4.57 Å². The van der Waals surface area contributed by atoms with Gasteiger partial charge >= 0.3 is 6.18 Å². The average molecular weight is 509 g/mol. The van der Waals surface area contributed by atoms with Gasteiger partial charge in [0.25, 0.3) is 0 Å². The minimum atomic E-state index is -4.76. The van der Waals surface area contributed by atoms with Crippen LogP contribution in [-0.4, -0.2) is 29.7 Å². The highest BCUT2D eigenvalue weighted by Gasteiger charge is 2.61. The number of nitrogens with zero attached hydrogens (tertiary/aromatic N) is 2. The Bertz CT molecular complexity index is 1230. The van der Waals surface area contributed by atoms with Crippen LogP contribution in [0.25, 0.3) is 10.5 Å². The van der Waals surface area contributed by atoms with Crippen molar-refractivity contribution in [3.63, 3.8) is 0 Å². The number of hydrogen-bond donors (Lipinski definition) is 2. The third-order valence-corrected chi connectivity index (χ3v) is 12.5. The summed E-state index contributed by atoms with van der Waals surface area (Å²) in [5, 5.41) is 22.4. The summed E-state index contributed by atoms with van der Waals surface area (Å²) in [6, 6.07) is 3.11. The first-order chi connectivity index (χ1) is 16.0. The Labute approximate surface area is 204 Å². The second-order valence-corrected chi connectivity index (χ2v) is 16.0. The standard InChI is InChI=1S/C25H31F3N2O4Si/c1-22(2,3)35(6,7)33-13-12-24-11-10-23(4,34-24)18-19(24)21(32)30(20(18)31)15-8-9-17(29-5)16(14-15)25(26,27)28/h8-9,14,31-32H,10-13H2,1-4,6-7H3. The average Bonchev–Trinajstić information content (AvgIpc) is 3.30. The van der Waals surface area contributed by atoms with Gasteiger partial charge in [0.1, 0.15) is 5.60 Å². The number of ether oxygens (including phenoxy) is 1. The first-order valence-electron chi connectivity index (χ1n) is 11.6. The maximum Gasteiger partial charge on any atom is 0.407 e. The molecule has 0 amide bonds. The molecule has 2 aliphatic rings. The molecule has 4 rings (SSSR count). The van der Waals surface area contributed by atoms with Crippen molar-refractivity contribution >= 4 is 14.0 Å². The monoisotopic (exact) mass is 508 g/mol. The summed E-state index contributed by atoms with van der Waals surface area (Å²) in [6.45, 7) is 20.0. The summed E-state index contributed by atoms with van der Waals surface area (Å²) in [7, 11) is -2.03. The minimum Gasteiger partial charge on any atom is -0.494 e. The molecule has 2 N–H and O–H groups in total. The van der Waals surface area contributed by atoms with Gasteiger partial charge in [0.05, 0.1) is 34.6 Å². The summed E-state index contributed by atoms with van der Waals surface area (Å²) in [5.74, 6) is -0.701. The van der Waals surface area contributed by atoms with E-state index < -0.39 is 36.9 Å². The van der Waals surface area contributed by atoms with Gasteiger partial charge in [-0.05, 0) is 50.0 Å². The van der Waals surface area contributed by atoms with E-state index in [9.17, 15) is 23.4 Å². The summed E-state index contributed by atoms with van der Waals surface area (Å²) in [5.41, 5.74) is -2.72. The molecule has 2 atom stereocenters. The second kappa shape index (κ2) is 7.76. The zero-order valence-corrected chi connectivity index (χ0v) is 21.8. The number of halogens is 3. The lowest BCUT2D eigenvalue weighted by Crippen LogP contribution is -2.41. The van der Waals surface area contributed by atoms with Crippen LogP contribution < -0.4 is 0 Å². The summed E-state index contributed by atoms with van der Waals surface area (Å²) in [6.07, 6.45) is -3.11. The maximum atomic E-state index is 13.6. The fourth-order valence-electron chi connectivity index (χ4n) is 5.03. The van der Waals surface area contributed by atoms with Crippen molar-refractivity contribution < 1.29 is 32.5 Å². The van der Waals surface area contributed by atoms with E-state index in [1.165, 1.54) is 6.07 Å². The van der Waals surface area contributed by atoms with Crippen LogP contribution in [0, 0.1) is 6.57 Å². The van der Waals surface area contributed by atoms with Gasteiger partial charge in [0.15, 0.2) is 14.0 Å². The van der Waals surface area contributed by atoms with Crippen LogP contribution in [0.2, 0.25) is 18.1 Å². The molecule has 2 aromatic rings. The largest absolute Gasteiger partial charge is 0.494 e. The number of rotatable bonds is 5. The lowest BCUT2D eigenvalue weighted by Gasteiger charge is -2.37. The van der Waals surface area contributed by atoms with E-state index in [4.69, 9.17) is 15.7 Å². The number of aromatic nitrogens is 1. The third kappa shape index (κ3) is 3.84. The molecule has 0 spiro atoms. The molecule has 2 aliphatic heterocycles. The zero-order valence-electron chi connectivity index (χ0n) is 20.8. The van der Waals surface area contributed by atoms with Gasteiger partial charge in [-0.3, -0.25) is 4.57 Å². The molecule has 0 aliphatic carbocycles. The molecule has 1 aromatic heterocycles. The zero-order chi connectivity index (χ0) is 26.2. The second-order valence-electron chi connectivity index (χ2n) is 11.2. The Balaban J connectivity index is 1.76. The SMILES string of the molecule is [C-]#[N+]c1ccc(-n2c(O)c3c(c2O)C2(CCO[Si](C)(C)C(C)(C)C)CCC3(C)O2)cc1C(F)(F)F. The molecular formula is C25H31F3N2O4Si. The summed E-state index contributed by atoms with van der Waals surface area (Å²) in [4.78, 5) is 2.96. The molecule has 10 heteroatoms. The van der Waals surface area contributed by atoms with Crippen LogP contribution in [0.3, 0.4) is 0 Å². The van der Waals surface area contributed by atoms with E-state index in [2.05, 4.69) is 38.7 Å². The van der Waals surface area contributed by atoms with Gasteiger partial charge in [0.2, 0.25) is 11.8 Å². The molecule has 0 radical (unpaired) electrons. The maximum absolute atomic E-state index is 13.6. The smallest absolute Gasteiger partial charge is 0.407 e.